The molecule has 55 heavy (non-hydrogen) atoms. The van der Waals surface area contributed by atoms with Crippen molar-refractivity contribution in [2.24, 2.45) is 0 Å². The first-order chi connectivity index (χ1) is 27.3. The summed E-state index contributed by atoms with van der Waals surface area (Å²) in [5, 5.41) is 2.25. The van der Waals surface area contributed by atoms with Gasteiger partial charge >= 0.3 is 0 Å². The average Bonchev–Trinajstić information content (AvgIpc) is 3.98. The molecule has 0 radical (unpaired) electrons. The fourth-order valence-electron chi connectivity index (χ4n) is 9.85. The largest absolute Gasteiger partial charge is 0.454 e. The van der Waals surface area contributed by atoms with Crippen LogP contribution in [0.3, 0.4) is 0 Å². The Kier molecular flexibility index (Phi) is 7.38. The van der Waals surface area contributed by atoms with Crippen molar-refractivity contribution >= 4 is 39.0 Å². The zero-order chi connectivity index (χ0) is 36.3. The van der Waals surface area contributed by atoms with Crippen molar-refractivity contribution in [3.63, 3.8) is 0 Å². The standard InChI is InChI=1S/C53H39NO/c1-2-17-36(18-3-1)38-19-4-5-20-39(38)40-21-6-7-22-41(40)44-24-9-12-28-49(44)54(50-29-16-26-46-45-25-10-13-30-51(45)55-52(46)50)37-31-32-43-42-23-8-11-27-47(42)53(48(43)35-37)33-14-15-34-53/h1-13,16-32,35H,14-15,33-34H2. The summed E-state index contributed by atoms with van der Waals surface area (Å²) in [4.78, 5) is 2.46. The highest BCUT2D eigenvalue weighted by molar-refractivity contribution is 6.11. The number of hydrogen-bond donors (Lipinski definition) is 0. The molecular weight excluding hydrogens is 667 g/mol. The van der Waals surface area contributed by atoms with Crippen molar-refractivity contribution in [3.05, 3.63) is 199 Å². The van der Waals surface area contributed by atoms with Gasteiger partial charge < -0.3 is 9.32 Å². The van der Waals surface area contributed by atoms with Gasteiger partial charge in [0.1, 0.15) is 5.58 Å². The molecule has 0 amide bonds. The molecule has 0 unspecified atom stereocenters. The van der Waals surface area contributed by atoms with Crippen LogP contribution in [0, 0.1) is 0 Å². The van der Waals surface area contributed by atoms with E-state index < -0.39 is 0 Å². The summed E-state index contributed by atoms with van der Waals surface area (Å²) < 4.78 is 6.81. The molecule has 8 aromatic carbocycles. The van der Waals surface area contributed by atoms with Gasteiger partial charge in [0.2, 0.25) is 0 Å². The second kappa shape index (κ2) is 12.7. The maximum Gasteiger partial charge on any atom is 0.159 e. The Balaban J connectivity index is 1.17. The van der Waals surface area contributed by atoms with Crippen LogP contribution >= 0.6 is 0 Å². The molecular formula is C53H39NO. The van der Waals surface area contributed by atoms with Gasteiger partial charge in [-0.3, -0.25) is 0 Å². The number of hydrogen-bond acceptors (Lipinski definition) is 2. The second-order valence-electron chi connectivity index (χ2n) is 15.1. The van der Waals surface area contributed by atoms with Crippen LogP contribution in [-0.4, -0.2) is 0 Å². The molecule has 1 aromatic heterocycles. The van der Waals surface area contributed by atoms with E-state index in [1.165, 1.54) is 75.8 Å². The van der Waals surface area contributed by atoms with Gasteiger partial charge in [-0.1, -0.05) is 171 Å². The van der Waals surface area contributed by atoms with Crippen LogP contribution in [0.1, 0.15) is 36.8 Å². The number of para-hydroxylation sites is 3. The van der Waals surface area contributed by atoms with Crippen molar-refractivity contribution in [1.82, 2.24) is 0 Å². The summed E-state index contributed by atoms with van der Waals surface area (Å²) >= 11 is 0. The average molecular weight is 706 g/mol. The van der Waals surface area contributed by atoms with E-state index in [1.807, 2.05) is 0 Å². The molecule has 0 atom stereocenters. The molecule has 1 heterocycles. The van der Waals surface area contributed by atoms with Crippen LogP contribution < -0.4 is 4.90 Å². The van der Waals surface area contributed by atoms with E-state index in [0.29, 0.717) is 0 Å². The fourth-order valence-corrected chi connectivity index (χ4v) is 9.85. The lowest BCUT2D eigenvalue weighted by Crippen LogP contribution is -2.21. The van der Waals surface area contributed by atoms with Crippen LogP contribution in [0.25, 0.3) is 66.4 Å². The maximum atomic E-state index is 6.81. The highest BCUT2D eigenvalue weighted by Gasteiger charge is 2.45. The first-order valence-corrected chi connectivity index (χ1v) is 19.6. The van der Waals surface area contributed by atoms with Crippen molar-refractivity contribution in [1.29, 1.82) is 0 Å². The SMILES string of the molecule is c1ccc(-c2ccccc2-c2ccccc2-c2ccccc2N(c2ccc3c(c2)C2(CCCC2)c2ccccc2-3)c2cccc3c2oc2ccccc23)cc1. The summed E-state index contributed by atoms with van der Waals surface area (Å²) in [6, 6.07) is 68.7. The topological polar surface area (TPSA) is 16.4 Å². The Labute approximate surface area is 322 Å². The van der Waals surface area contributed by atoms with Gasteiger partial charge in [-0.25, -0.2) is 0 Å². The molecule has 9 aromatic rings. The van der Waals surface area contributed by atoms with Crippen molar-refractivity contribution < 1.29 is 4.42 Å². The summed E-state index contributed by atoms with van der Waals surface area (Å²) in [7, 11) is 0. The normalized spacial score (nSPS) is 14.0. The van der Waals surface area contributed by atoms with E-state index in [9.17, 15) is 0 Å². The Morgan fingerprint density at radius 1 is 0.400 bits per heavy atom. The molecule has 1 spiro atoms. The third-order valence-corrected chi connectivity index (χ3v) is 12.3. The number of anilines is 3. The van der Waals surface area contributed by atoms with Gasteiger partial charge in [0.05, 0.1) is 11.4 Å². The minimum Gasteiger partial charge on any atom is -0.454 e. The molecule has 0 aliphatic heterocycles. The first kappa shape index (κ1) is 31.8. The molecule has 262 valence electrons. The van der Waals surface area contributed by atoms with E-state index >= 15 is 0 Å². The molecule has 2 aliphatic carbocycles. The molecule has 1 saturated carbocycles. The highest BCUT2D eigenvalue weighted by atomic mass is 16.3. The smallest absolute Gasteiger partial charge is 0.159 e. The number of benzene rings is 8. The van der Waals surface area contributed by atoms with Crippen LogP contribution in [0.4, 0.5) is 17.1 Å². The summed E-state index contributed by atoms with van der Waals surface area (Å²) in [5.74, 6) is 0. The molecule has 0 bridgehead atoms. The number of rotatable bonds is 6. The van der Waals surface area contributed by atoms with E-state index in [1.54, 1.807) is 0 Å². The number of furan rings is 1. The molecule has 0 N–H and O–H groups in total. The zero-order valence-corrected chi connectivity index (χ0v) is 30.6. The maximum absolute atomic E-state index is 6.81. The third kappa shape index (κ3) is 4.95. The van der Waals surface area contributed by atoms with Crippen LogP contribution in [-0.2, 0) is 5.41 Å². The van der Waals surface area contributed by atoms with Gasteiger partial charge in [-0.15, -0.1) is 0 Å². The lowest BCUT2D eigenvalue weighted by atomic mass is 9.76. The van der Waals surface area contributed by atoms with Crippen LogP contribution in [0.15, 0.2) is 192 Å². The molecule has 2 aliphatic rings. The van der Waals surface area contributed by atoms with Gasteiger partial charge in [0.25, 0.3) is 0 Å². The highest BCUT2D eigenvalue weighted by Crippen LogP contribution is 2.58. The lowest BCUT2D eigenvalue weighted by Gasteiger charge is -2.31. The predicted molar refractivity (Wildman–Crippen MR) is 229 cm³/mol. The fraction of sp³-hybridized carbons (Fsp3) is 0.0943. The molecule has 0 saturated heterocycles. The first-order valence-electron chi connectivity index (χ1n) is 19.6. The van der Waals surface area contributed by atoms with Crippen LogP contribution in [0.2, 0.25) is 0 Å². The Bertz CT molecular complexity index is 2890. The second-order valence-corrected chi connectivity index (χ2v) is 15.1. The quantitative estimate of drug-likeness (QED) is 0.171. The van der Waals surface area contributed by atoms with Gasteiger partial charge in [-0.2, -0.15) is 0 Å². The van der Waals surface area contributed by atoms with E-state index in [4.69, 9.17) is 4.42 Å². The summed E-state index contributed by atoms with van der Waals surface area (Å²) in [6.45, 7) is 0. The third-order valence-electron chi connectivity index (χ3n) is 12.3. The minimum atomic E-state index is 0.0479. The molecule has 2 nitrogen and oxygen atoms in total. The minimum absolute atomic E-state index is 0.0479. The zero-order valence-electron chi connectivity index (χ0n) is 30.6. The van der Waals surface area contributed by atoms with Gasteiger partial charge in [-0.05, 0) is 93.2 Å². The predicted octanol–water partition coefficient (Wildman–Crippen LogP) is 14.9. The lowest BCUT2D eigenvalue weighted by molar-refractivity contribution is 0.550. The summed E-state index contributed by atoms with van der Waals surface area (Å²) in [6.07, 6.45) is 4.88. The Hall–Kier alpha value is -6.64. The van der Waals surface area contributed by atoms with Gasteiger partial charge in [0, 0.05) is 27.4 Å². The monoisotopic (exact) mass is 705 g/mol. The van der Waals surface area contributed by atoms with Gasteiger partial charge in [0.15, 0.2) is 5.58 Å². The molecule has 2 heteroatoms. The van der Waals surface area contributed by atoms with Crippen molar-refractivity contribution in [2.75, 3.05) is 4.90 Å². The van der Waals surface area contributed by atoms with Crippen molar-refractivity contribution in [3.8, 4) is 44.5 Å². The Morgan fingerprint density at radius 2 is 0.964 bits per heavy atom. The van der Waals surface area contributed by atoms with E-state index in [0.717, 1.165) is 44.6 Å². The number of nitrogens with zero attached hydrogens (tertiary/aromatic N) is 1. The van der Waals surface area contributed by atoms with E-state index in [2.05, 4.69) is 193 Å². The van der Waals surface area contributed by atoms with Crippen LogP contribution in [0.5, 0.6) is 0 Å². The molecule has 1 fully saturated rings. The number of fused-ring (bicyclic) bond motifs is 8. The summed E-state index contributed by atoms with van der Waals surface area (Å²) in [5.41, 5.74) is 18.0. The van der Waals surface area contributed by atoms with Crippen molar-refractivity contribution in [2.45, 2.75) is 31.1 Å². The molecule has 11 rings (SSSR count). The van der Waals surface area contributed by atoms with E-state index in [-0.39, 0.29) is 5.41 Å². The Morgan fingerprint density at radius 3 is 1.76 bits per heavy atom.